The highest BCUT2D eigenvalue weighted by molar-refractivity contribution is 5.89. The van der Waals surface area contributed by atoms with Crippen molar-refractivity contribution >= 4 is 11.8 Å². The smallest absolute Gasteiger partial charge is 0.225 e. The van der Waals surface area contributed by atoms with Crippen molar-refractivity contribution in [2.75, 3.05) is 13.1 Å². The van der Waals surface area contributed by atoms with Crippen LogP contribution in [0, 0.1) is 11.8 Å². The van der Waals surface area contributed by atoms with Crippen LogP contribution in [0.4, 0.5) is 0 Å². The van der Waals surface area contributed by atoms with Gasteiger partial charge < -0.3 is 15.3 Å². The molecule has 114 valence electrons. The molecule has 2 aliphatic rings. The maximum absolute atomic E-state index is 12.1. The molecule has 20 heavy (non-hydrogen) atoms. The second-order valence-corrected chi connectivity index (χ2v) is 6.44. The van der Waals surface area contributed by atoms with E-state index in [-0.39, 0.29) is 30.2 Å². The van der Waals surface area contributed by atoms with Crippen molar-refractivity contribution in [1.82, 2.24) is 10.2 Å². The molecule has 1 saturated carbocycles. The number of nitrogens with zero attached hydrogens (tertiary/aromatic N) is 1. The number of amides is 2. The Morgan fingerprint density at radius 2 is 2.05 bits per heavy atom. The van der Waals surface area contributed by atoms with Gasteiger partial charge in [-0.05, 0) is 18.8 Å². The van der Waals surface area contributed by atoms with Crippen LogP contribution in [-0.4, -0.2) is 47.1 Å². The van der Waals surface area contributed by atoms with Crippen molar-refractivity contribution in [2.45, 2.75) is 58.1 Å². The number of aliphatic hydroxyl groups is 1. The number of carbonyl (C=O) groups excluding carboxylic acids is 2. The molecule has 1 aliphatic heterocycles. The average molecular weight is 282 g/mol. The zero-order valence-electron chi connectivity index (χ0n) is 12.5. The van der Waals surface area contributed by atoms with Crippen molar-refractivity contribution in [3.63, 3.8) is 0 Å². The number of carbonyl (C=O) groups is 2. The lowest BCUT2D eigenvalue weighted by atomic mass is 10.1. The van der Waals surface area contributed by atoms with Crippen LogP contribution in [-0.2, 0) is 9.59 Å². The van der Waals surface area contributed by atoms with Crippen LogP contribution in [0.15, 0.2) is 0 Å². The monoisotopic (exact) mass is 282 g/mol. The summed E-state index contributed by atoms with van der Waals surface area (Å²) in [6.45, 7) is 4.65. The normalized spacial score (nSPS) is 25.5. The first-order valence-corrected chi connectivity index (χ1v) is 7.74. The summed E-state index contributed by atoms with van der Waals surface area (Å²) in [5.74, 6) is -0.113. The molecular formula is C15H26N2O3. The van der Waals surface area contributed by atoms with E-state index in [1.165, 1.54) is 12.8 Å². The highest BCUT2D eigenvalue weighted by Crippen LogP contribution is 2.29. The summed E-state index contributed by atoms with van der Waals surface area (Å²) in [6.07, 6.45) is 4.32. The van der Waals surface area contributed by atoms with Gasteiger partial charge in [0, 0.05) is 25.6 Å². The molecule has 0 radical (unpaired) electrons. The highest BCUT2D eigenvalue weighted by atomic mass is 16.3. The van der Waals surface area contributed by atoms with Crippen LogP contribution in [0.5, 0.6) is 0 Å². The van der Waals surface area contributed by atoms with Gasteiger partial charge in [-0.2, -0.15) is 0 Å². The van der Waals surface area contributed by atoms with E-state index in [1.807, 2.05) is 18.7 Å². The Morgan fingerprint density at radius 1 is 1.40 bits per heavy atom. The van der Waals surface area contributed by atoms with Gasteiger partial charge in [0.25, 0.3) is 0 Å². The summed E-state index contributed by atoms with van der Waals surface area (Å²) in [5, 5.41) is 12.5. The van der Waals surface area contributed by atoms with E-state index in [4.69, 9.17) is 0 Å². The number of hydrogen-bond donors (Lipinski definition) is 2. The van der Waals surface area contributed by atoms with Gasteiger partial charge in [-0.1, -0.05) is 26.7 Å². The summed E-state index contributed by atoms with van der Waals surface area (Å²) in [6, 6.07) is 0.349. The van der Waals surface area contributed by atoms with Crippen molar-refractivity contribution < 1.29 is 14.7 Å². The van der Waals surface area contributed by atoms with Crippen molar-refractivity contribution in [3.8, 4) is 0 Å². The summed E-state index contributed by atoms with van der Waals surface area (Å²) < 4.78 is 0. The zero-order chi connectivity index (χ0) is 14.7. The van der Waals surface area contributed by atoms with Crippen LogP contribution < -0.4 is 5.32 Å². The fourth-order valence-electron chi connectivity index (χ4n) is 3.06. The van der Waals surface area contributed by atoms with E-state index in [2.05, 4.69) is 5.32 Å². The van der Waals surface area contributed by atoms with Crippen LogP contribution in [0.1, 0.15) is 46.0 Å². The molecule has 2 unspecified atom stereocenters. The number of hydrogen-bond acceptors (Lipinski definition) is 3. The van der Waals surface area contributed by atoms with Crippen LogP contribution in [0.2, 0.25) is 0 Å². The largest absolute Gasteiger partial charge is 0.391 e. The molecule has 1 saturated heterocycles. The Labute approximate surface area is 120 Å². The minimum absolute atomic E-state index is 0.0986. The standard InChI is InChI=1S/C15H26N2O3/c1-10(2)13(18)8-16-15(20)11-7-14(19)17(9-11)12-5-3-4-6-12/h10-13,18H,3-9H2,1-2H3,(H,16,20). The summed E-state index contributed by atoms with van der Waals surface area (Å²) in [4.78, 5) is 26.0. The minimum atomic E-state index is -0.526. The topological polar surface area (TPSA) is 69.6 Å². The Bertz CT molecular complexity index is 364. The summed E-state index contributed by atoms with van der Waals surface area (Å²) in [5.41, 5.74) is 0. The molecule has 1 aliphatic carbocycles. The van der Waals surface area contributed by atoms with E-state index in [0.717, 1.165) is 12.8 Å². The van der Waals surface area contributed by atoms with E-state index >= 15 is 0 Å². The molecule has 2 fully saturated rings. The molecular weight excluding hydrogens is 256 g/mol. The van der Waals surface area contributed by atoms with Gasteiger partial charge in [0.15, 0.2) is 0 Å². The molecule has 0 aromatic carbocycles. The number of aliphatic hydroxyl groups excluding tert-OH is 1. The lowest BCUT2D eigenvalue weighted by Gasteiger charge is -2.24. The fraction of sp³-hybridized carbons (Fsp3) is 0.867. The fourth-order valence-corrected chi connectivity index (χ4v) is 3.06. The average Bonchev–Trinajstić information content (AvgIpc) is 3.03. The lowest BCUT2D eigenvalue weighted by Crippen LogP contribution is -2.40. The maximum atomic E-state index is 12.1. The Hall–Kier alpha value is -1.10. The van der Waals surface area contributed by atoms with Crippen molar-refractivity contribution in [3.05, 3.63) is 0 Å². The third-order valence-corrected chi connectivity index (χ3v) is 4.55. The molecule has 2 amide bonds. The summed E-state index contributed by atoms with van der Waals surface area (Å²) in [7, 11) is 0. The minimum Gasteiger partial charge on any atom is -0.391 e. The first kappa shape index (κ1) is 15.3. The zero-order valence-corrected chi connectivity index (χ0v) is 12.5. The van der Waals surface area contributed by atoms with Gasteiger partial charge in [0.2, 0.25) is 11.8 Å². The van der Waals surface area contributed by atoms with Gasteiger partial charge >= 0.3 is 0 Å². The molecule has 1 heterocycles. The third kappa shape index (κ3) is 3.51. The molecule has 0 spiro atoms. The van der Waals surface area contributed by atoms with Gasteiger partial charge in [0.1, 0.15) is 0 Å². The Balaban J connectivity index is 1.81. The Morgan fingerprint density at radius 3 is 2.65 bits per heavy atom. The molecule has 0 aromatic rings. The number of nitrogens with one attached hydrogen (secondary N) is 1. The van der Waals surface area contributed by atoms with Gasteiger partial charge in [-0.25, -0.2) is 0 Å². The maximum Gasteiger partial charge on any atom is 0.225 e. The van der Waals surface area contributed by atoms with E-state index in [0.29, 0.717) is 19.0 Å². The van der Waals surface area contributed by atoms with E-state index in [1.54, 1.807) is 0 Å². The van der Waals surface area contributed by atoms with Gasteiger partial charge in [-0.3, -0.25) is 9.59 Å². The highest BCUT2D eigenvalue weighted by Gasteiger charge is 2.38. The van der Waals surface area contributed by atoms with Crippen LogP contribution in [0.3, 0.4) is 0 Å². The molecule has 0 aromatic heterocycles. The first-order chi connectivity index (χ1) is 9.49. The SMILES string of the molecule is CC(C)C(O)CNC(=O)C1CC(=O)N(C2CCCC2)C1. The summed E-state index contributed by atoms with van der Waals surface area (Å²) >= 11 is 0. The molecule has 2 rings (SSSR count). The third-order valence-electron chi connectivity index (χ3n) is 4.55. The molecule has 0 bridgehead atoms. The van der Waals surface area contributed by atoms with Crippen LogP contribution >= 0.6 is 0 Å². The Kier molecular flexibility index (Phi) is 5.02. The first-order valence-electron chi connectivity index (χ1n) is 7.74. The second-order valence-electron chi connectivity index (χ2n) is 6.44. The molecule has 5 nitrogen and oxygen atoms in total. The molecule has 2 atom stereocenters. The lowest BCUT2D eigenvalue weighted by molar-refractivity contribution is -0.130. The van der Waals surface area contributed by atoms with E-state index < -0.39 is 6.10 Å². The second kappa shape index (κ2) is 6.57. The predicted octanol–water partition coefficient (Wildman–Crippen LogP) is 0.911. The van der Waals surface area contributed by atoms with Crippen molar-refractivity contribution in [2.24, 2.45) is 11.8 Å². The van der Waals surface area contributed by atoms with Gasteiger partial charge in [-0.15, -0.1) is 0 Å². The van der Waals surface area contributed by atoms with E-state index in [9.17, 15) is 14.7 Å². The predicted molar refractivity (Wildman–Crippen MR) is 75.9 cm³/mol. The number of likely N-dealkylation sites (tertiary alicyclic amines) is 1. The van der Waals surface area contributed by atoms with Crippen molar-refractivity contribution in [1.29, 1.82) is 0 Å². The number of rotatable bonds is 5. The van der Waals surface area contributed by atoms with Crippen LogP contribution in [0.25, 0.3) is 0 Å². The quantitative estimate of drug-likeness (QED) is 0.787. The molecule has 5 heteroatoms. The van der Waals surface area contributed by atoms with Gasteiger partial charge in [0.05, 0.1) is 12.0 Å². The molecule has 2 N–H and O–H groups in total.